The zero-order chi connectivity index (χ0) is 25.7. The Kier molecular flexibility index (Phi) is 8.12. The molecule has 2 N–H and O–H groups in total. The van der Waals surface area contributed by atoms with E-state index in [9.17, 15) is 18.8 Å². The molecule has 0 spiro atoms. The van der Waals surface area contributed by atoms with Gasteiger partial charge in [-0.2, -0.15) is 0 Å². The van der Waals surface area contributed by atoms with Crippen LogP contribution in [0.2, 0.25) is 0 Å². The summed E-state index contributed by atoms with van der Waals surface area (Å²) >= 11 is 0. The Hall–Kier alpha value is -3.56. The van der Waals surface area contributed by atoms with Crippen LogP contribution >= 0.6 is 0 Å². The Labute approximate surface area is 209 Å². The number of nitrogens with zero attached hydrogens (tertiary/aromatic N) is 4. The van der Waals surface area contributed by atoms with E-state index in [0.29, 0.717) is 19.6 Å². The van der Waals surface area contributed by atoms with Gasteiger partial charge in [-0.15, -0.1) is 0 Å². The van der Waals surface area contributed by atoms with Gasteiger partial charge in [-0.1, -0.05) is 42.5 Å². The molecular weight excluding hydrogens is 461 g/mol. The third-order valence-corrected chi connectivity index (χ3v) is 6.61. The lowest BCUT2D eigenvalue weighted by atomic mass is 10.1. The van der Waals surface area contributed by atoms with Gasteiger partial charge in [-0.3, -0.25) is 28.5 Å². The van der Waals surface area contributed by atoms with Crippen molar-refractivity contribution in [2.75, 3.05) is 38.5 Å². The molecule has 1 aliphatic heterocycles. The molecule has 9 heteroatoms. The molecule has 2 aromatic carbocycles. The number of hydrogen-bond donors (Lipinski definition) is 1. The van der Waals surface area contributed by atoms with Crippen molar-refractivity contribution in [3.05, 3.63) is 97.9 Å². The van der Waals surface area contributed by atoms with E-state index in [0.717, 1.165) is 35.2 Å². The van der Waals surface area contributed by atoms with Gasteiger partial charge in [0.05, 0.1) is 13.1 Å². The average Bonchev–Trinajstić information content (AvgIpc) is 3.09. The first-order chi connectivity index (χ1) is 17.4. The number of ketones is 1. The summed E-state index contributed by atoms with van der Waals surface area (Å²) in [5.41, 5.74) is 6.89. The summed E-state index contributed by atoms with van der Waals surface area (Å²) in [6.45, 7) is 5.74. The maximum Gasteiger partial charge on any atom is 0.332 e. The van der Waals surface area contributed by atoms with Gasteiger partial charge < -0.3 is 5.73 Å². The van der Waals surface area contributed by atoms with E-state index in [1.807, 2.05) is 35.2 Å². The van der Waals surface area contributed by atoms with Gasteiger partial charge in [0.15, 0.2) is 5.78 Å². The number of carbonyl (C=O) groups excluding carboxylic acids is 1. The van der Waals surface area contributed by atoms with Gasteiger partial charge in [0.2, 0.25) is 0 Å². The normalized spacial score (nSPS) is 15.1. The zero-order valence-electron chi connectivity index (χ0n) is 20.5. The van der Waals surface area contributed by atoms with Crippen LogP contribution in [-0.2, 0) is 19.6 Å². The van der Waals surface area contributed by atoms with Gasteiger partial charge in [0.1, 0.15) is 17.2 Å². The SMILES string of the molecule is CCn1c(=O)c(C(=O)CN2CCCN(Cc3ccc(F)cc3)CC2)c(N)n(Cc2ccccc2)c1=O. The van der Waals surface area contributed by atoms with Crippen molar-refractivity contribution in [1.82, 2.24) is 18.9 Å². The fraction of sp³-hybridized carbons (Fsp3) is 0.370. The fourth-order valence-electron chi connectivity index (χ4n) is 4.65. The molecule has 1 fully saturated rings. The number of rotatable bonds is 8. The molecule has 0 amide bonds. The Balaban J connectivity index is 1.50. The number of halogens is 1. The van der Waals surface area contributed by atoms with E-state index in [-0.39, 0.29) is 42.6 Å². The summed E-state index contributed by atoms with van der Waals surface area (Å²) in [7, 11) is 0. The molecule has 0 unspecified atom stereocenters. The smallest absolute Gasteiger partial charge is 0.332 e. The Morgan fingerprint density at radius 3 is 2.19 bits per heavy atom. The zero-order valence-corrected chi connectivity index (χ0v) is 20.5. The van der Waals surface area contributed by atoms with E-state index in [1.54, 1.807) is 19.1 Å². The molecule has 36 heavy (non-hydrogen) atoms. The number of nitrogens with two attached hydrogens (primary N) is 1. The van der Waals surface area contributed by atoms with Crippen LogP contribution in [0.3, 0.4) is 0 Å². The largest absolute Gasteiger partial charge is 0.384 e. The molecule has 4 rings (SSSR count). The number of carbonyl (C=O) groups is 1. The first kappa shape index (κ1) is 25.5. The molecule has 0 bridgehead atoms. The van der Waals surface area contributed by atoms with Crippen LogP contribution in [0.25, 0.3) is 0 Å². The van der Waals surface area contributed by atoms with Crippen LogP contribution in [0.15, 0.2) is 64.2 Å². The summed E-state index contributed by atoms with van der Waals surface area (Å²) in [6, 6.07) is 15.8. The number of anilines is 1. The first-order valence-corrected chi connectivity index (χ1v) is 12.3. The maximum absolute atomic E-state index is 13.4. The molecule has 0 saturated carbocycles. The van der Waals surface area contributed by atoms with E-state index in [2.05, 4.69) is 4.90 Å². The Morgan fingerprint density at radius 1 is 0.861 bits per heavy atom. The molecule has 1 aromatic heterocycles. The van der Waals surface area contributed by atoms with Gasteiger partial charge in [-0.25, -0.2) is 9.18 Å². The molecule has 0 aliphatic carbocycles. The predicted molar refractivity (Wildman–Crippen MR) is 138 cm³/mol. The second-order valence-electron chi connectivity index (χ2n) is 9.12. The third kappa shape index (κ3) is 5.80. The highest BCUT2D eigenvalue weighted by atomic mass is 19.1. The van der Waals surface area contributed by atoms with E-state index >= 15 is 0 Å². The quantitative estimate of drug-likeness (QED) is 0.484. The minimum absolute atomic E-state index is 0.0527. The fourth-order valence-corrected chi connectivity index (χ4v) is 4.65. The predicted octanol–water partition coefficient (Wildman–Crippen LogP) is 2.19. The van der Waals surface area contributed by atoms with Crippen molar-refractivity contribution < 1.29 is 9.18 Å². The van der Waals surface area contributed by atoms with Crippen LogP contribution in [0.5, 0.6) is 0 Å². The lowest BCUT2D eigenvalue weighted by molar-refractivity contribution is 0.0930. The van der Waals surface area contributed by atoms with Crippen LogP contribution in [0, 0.1) is 5.82 Å². The summed E-state index contributed by atoms with van der Waals surface area (Å²) in [5.74, 6) is -0.722. The lowest BCUT2D eigenvalue weighted by Gasteiger charge is -2.22. The number of aromatic nitrogens is 2. The van der Waals surface area contributed by atoms with Crippen LogP contribution in [0.4, 0.5) is 10.2 Å². The van der Waals surface area contributed by atoms with Crippen molar-refractivity contribution in [3.63, 3.8) is 0 Å². The van der Waals surface area contributed by atoms with Gasteiger partial charge in [0.25, 0.3) is 5.56 Å². The molecular formula is C27H32FN5O3. The molecule has 0 atom stereocenters. The number of hydrogen-bond acceptors (Lipinski definition) is 6. The highest BCUT2D eigenvalue weighted by molar-refractivity contribution is 6.01. The number of benzene rings is 2. The second-order valence-corrected chi connectivity index (χ2v) is 9.12. The minimum Gasteiger partial charge on any atom is -0.384 e. The molecule has 190 valence electrons. The van der Waals surface area contributed by atoms with Gasteiger partial charge in [-0.05, 0) is 49.7 Å². The molecule has 3 aromatic rings. The number of nitrogen functional groups attached to an aromatic ring is 1. The Morgan fingerprint density at radius 2 is 1.50 bits per heavy atom. The standard InChI is InChI=1S/C27H32FN5O3/c1-2-32-26(35)24(25(29)33(27(32)36)18-20-7-4-3-5-8-20)23(34)19-31-14-6-13-30(15-16-31)17-21-9-11-22(28)12-10-21/h3-5,7-12H,2,6,13-19,29H2,1H3. The first-order valence-electron chi connectivity index (χ1n) is 12.3. The molecule has 1 saturated heterocycles. The van der Waals surface area contributed by atoms with Crippen molar-refractivity contribution in [2.24, 2.45) is 0 Å². The average molecular weight is 494 g/mol. The van der Waals surface area contributed by atoms with Crippen LogP contribution < -0.4 is 17.0 Å². The maximum atomic E-state index is 13.4. The van der Waals surface area contributed by atoms with Gasteiger partial charge >= 0.3 is 5.69 Å². The molecule has 1 aliphatic rings. The summed E-state index contributed by atoms with van der Waals surface area (Å²) in [6.07, 6.45) is 0.858. The van der Waals surface area contributed by atoms with Crippen molar-refractivity contribution in [2.45, 2.75) is 33.0 Å². The van der Waals surface area contributed by atoms with Gasteiger partial charge in [0, 0.05) is 26.2 Å². The van der Waals surface area contributed by atoms with E-state index < -0.39 is 11.2 Å². The second kappa shape index (κ2) is 11.5. The highest BCUT2D eigenvalue weighted by Gasteiger charge is 2.25. The molecule has 0 radical (unpaired) electrons. The third-order valence-electron chi connectivity index (χ3n) is 6.61. The molecule has 2 heterocycles. The number of Topliss-reactive ketones (excluding diaryl/α,β-unsaturated/α-hetero) is 1. The van der Waals surface area contributed by atoms with Crippen molar-refractivity contribution in [3.8, 4) is 0 Å². The Bertz CT molecular complexity index is 1320. The topological polar surface area (TPSA) is 93.6 Å². The highest BCUT2D eigenvalue weighted by Crippen LogP contribution is 2.13. The minimum atomic E-state index is -0.637. The van der Waals surface area contributed by atoms with Crippen molar-refractivity contribution >= 4 is 11.6 Å². The summed E-state index contributed by atoms with van der Waals surface area (Å²) < 4.78 is 15.6. The van der Waals surface area contributed by atoms with E-state index in [4.69, 9.17) is 5.73 Å². The summed E-state index contributed by atoms with van der Waals surface area (Å²) in [4.78, 5) is 43.7. The lowest BCUT2D eigenvalue weighted by Crippen LogP contribution is -2.45. The monoisotopic (exact) mass is 493 g/mol. The molecule has 8 nitrogen and oxygen atoms in total. The van der Waals surface area contributed by atoms with Crippen LogP contribution in [0.1, 0.15) is 34.8 Å². The van der Waals surface area contributed by atoms with E-state index in [1.165, 1.54) is 16.7 Å². The van der Waals surface area contributed by atoms with Crippen LogP contribution in [-0.4, -0.2) is 57.4 Å². The summed E-state index contributed by atoms with van der Waals surface area (Å²) in [5, 5.41) is 0. The van der Waals surface area contributed by atoms with Crippen molar-refractivity contribution in [1.29, 1.82) is 0 Å².